The van der Waals surface area contributed by atoms with Crippen molar-refractivity contribution < 1.29 is 14.2 Å². The number of benzene rings is 1. The number of aliphatic hydroxyl groups is 1. The van der Waals surface area contributed by atoms with Gasteiger partial charge in [-0.1, -0.05) is 20.8 Å². The second-order valence-corrected chi connectivity index (χ2v) is 5.19. The van der Waals surface area contributed by atoms with Crippen LogP contribution in [0.3, 0.4) is 0 Å². The van der Waals surface area contributed by atoms with Gasteiger partial charge in [0.2, 0.25) is 0 Å². The van der Waals surface area contributed by atoms with E-state index in [2.05, 4.69) is 12.2 Å². The molecule has 20 heavy (non-hydrogen) atoms. The average Bonchev–Trinajstić information content (AvgIpc) is 2.45. The van der Waals surface area contributed by atoms with Crippen LogP contribution in [0.5, 0.6) is 5.75 Å². The third-order valence-corrected chi connectivity index (χ3v) is 3.51. The Hall–Kier alpha value is -1.13. The molecular weight excluding hydrogens is 257 g/mol. The van der Waals surface area contributed by atoms with E-state index in [0.29, 0.717) is 25.1 Å². The van der Waals surface area contributed by atoms with Crippen LogP contribution in [0.25, 0.3) is 0 Å². The van der Waals surface area contributed by atoms with Crippen LogP contribution in [0.4, 0.5) is 4.39 Å². The van der Waals surface area contributed by atoms with Crippen molar-refractivity contribution in [2.24, 2.45) is 0 Å². The Bertz CT molecular complexity index is 405. The van der Waals surface area contributed by atoms with Gasteiger partial charge >= 0.3 is 0 Å². The summed E-state index contributed by atoms with van der Waals surface area (Å²) < 4.78 is 19.1. The Morgan fingerprint density at radius 1 is 1.20 bits per heavy atom. The van der Waals surface area contributed by atoms with Crippen LogP contribution < -0.4 is 10.1 Å². The molecule has 3 nitrogen and oxygen atoms in total. The van der Waals surface area contributed by atoms with Gasteiger partial charge in [0.1, 0.15) is 18.2 Å². The molecule has 4 heteroatoms. The predicted molar refractivity (Wildman–Crippen MR) is 79.4 cm³/mol. The molecule has 0 aliphatic carbocycles. The summed E-state index contributed by atoms with van der Waals surface area (Å²) in [5, 5.41) is 13.4. The highest BCUT2D eigenvalue weighted by Crippen LogP contribution is 2.20. The van der Waals surface area contributed by atoms with E-state index in [1.54, 1.807) is 0 Å². The zero-order chi connectivity index (χ0) is 15.0. The van der Waals surface area contributed by atoms with E-state index in [-0.39, 0.29) is 12.4 Å². The fourth-order valence-corrected chi connectivity index (χ4v) is 1.89. The molecule has 1 aromatic rings. The summed E-state index contributed by atoms with van der Waals surface area (Å²) in [6, 6.07) is 4.67. The summed E-state index contributed by atoms with van der Waals surface area (Å²) in [7, 11) is 0. The van der Waals surface area contributed by atoms with Gasteiger partial charge in [-0.15, -0.1) is 0 Å². The first-order valence-corrected chi connectivity index (χ1v) is 7.38. The maximum Gasteiger partial charge on any atom is 0.127 e. The average molecular weight is 283 g/mol. The van der Waals surface area contributed by atoms with Gasteiger partial charge in [-0.3, -0.25) is 0 Å². The third-order valence-electron chi connectivity index (χ3n) is 3.51. The van der Waals surface area contributed by atoms with Crippen LogP contribution in [0.2, 0.25) is 0 Å². The minimum atomic E-state index is -0.840. The van der Waals surface area contributed by atoms with Gasteiger partial charge in [-0.25, -0.2) is 4.39 Å². The molecule has 0 aliphatic rings. The smallest absolute Gasteiger partial charge is 0.127 e. The van der Waals surface area contributed by atoms with Crippen molar-refractivity contribution in [2.75, 3.05) is 13.2 Å². The lowest BCUT2D eigenvalue weighted by Crippen LogP contribution is -2.34. The topological polar surface area (TPSA) is 41.5 Å². The van der Waals surface area contributed by atoms with Crippen molar-refractivity contribution in [1.29, 1.82) is 0 Å². The van der Waals surface area contributed by atoms with E-state index in [4.69, 9.17) is 4.74 Å². The number of rotatable bonds is 9. The van der Waals surface area contributed by atoms with Gasteiger partial charge in [0.25, 0.3) is 0 Å². The zero-order valence-electron chi connectivity index (χ0n) is 12.7. The maximum atomic E-state index is 13.6. The van der Waals surface area contributed by atoms with Crippen molar-refractivity contribution in [3.05, 3.63) is 29.6 Å². The molecule has 1 rings (SSSR count). The normalized spacial score (nSPS) is 11.7. The van der Waals surface area contributed by atoms with E-state index in [1.807, 2.05) is 19.9 Å². The summed E-state index contributed by atoms with van der Waals surface area (Å²) in [6.07, 6.45) is 2.27. The van der Waals surface area contributed by atoms with E-state index in [1.165, 1.54) is 12.1 Å². The molecule has 0 radical (unpaired) electrons. The van der Waals surface area contributed by atoms with E-state index in [9.17, 15) is 9.50 Å². The molecule has 0 heterocycles. The van der Waals surface area contributed by atoms with E-state index in [0.717, 1.165) is 18.5 Å². The van der Waals surface area contributed by atoms with Gasteiger partial charge < -0.3 is 15.2 Å². The zero-order valence-corrected chi connectivity index (χ0v) is 12.7. The van der Waals surface area contributed by atoms with Crippen LogP contribution in [0.15, 0.2) is 18.2 Å². The molecule has 0 saturated carbocycles. The van der Waals surface area contributed by atoms with Crippen molar-refractivity contribution >= 4 is 0 Å². The minimum absolute atomic E-state index is 0.186. The molecule has 0 aliphatic heterocycles. The summed E-state index contributed by atoms with van der Waals surface area (Å²) in [5.41, 5.74) is 0.0115. The van der Waals surface area contributed by atoms with Crippen molar-refractivity contribution in [3.63, 3.8) is 0 Å². The first-order chi connectivity index (χ1) is 9.53. The number of hydrogen-bond acceptors (Lipinski definition) is 3. The monoisotopic (exact) mass is 283 g/mol. The summed E-state index contributed by atoms with van der Waals surface area (Å²) in [6.45, 7) is 7.62. The molecule has 0 bridgehead atoms. The molecule has 0 fully saturated rings. The first-order valence-electron chi connectivity index (χ1n) is 7.38. The minimum Gasteiger partial charge on any atom is -0.490 e. The van der Waals surface area contributed by atoms with Crippen molar-refractivity contribution in [2.45, 2.75) is 52.2 Å². The standard InChI is InChI=1S/C16H26FNO2/c1-4-7-18-11-13-8-14(17)10-15(9-13)20-12-16(19,5-2)6-3/h8-10,18-19H,4-7,11-12H2,1-3H3. The third kappa shape index (κ3) is 5.47. The maximum absolute atomic E-state index is 13.6. The van der Waals surface area contributed by atoms with Gasteiger partial charge in [-0.05, 0) is 43.5 Å². The van der Waals surface area contributed by atoms with Gasteiger partial charge in [-0.2, -0.15) is 0 Å². The highest BCUT2D eigenvalue weighted by atomic mass is 19.1. The first kappa shape index (κ1) is 16.9. The van der Waals surface area contributed by atoms with E-state index >= 15 is 0 Å². The van der Waals surface area contributed by atoms with Crippen molar-refractivity contribution in [3.8, 4) is 5.75 Å². The quantitative estimate of drug-likeness (QED) is 0.684. The van der Waals surface area contributed by atoms with Gasteiger partial charge in [0.15, 0.2) is 0 Å². The number of hydrogen-bond donors (Lipinski definition) is 2. The molecular formula is C16H26FNO2. The Labute approximate surface area is 121 Å². The fourth-order valence-electron chi connectivity index (χ4n) is 1.89. The molecule has 1 aromatic carbocycles. The molecule has 0 aromatic heterocycles. The van der Waals surface area contributed by atoms with Crippen LogP contribution in [-0.2, 0) is 6.54 Å². The van der Waals surface area contributed by atoms with E-state index < -0.39 is 5.60 Å². The second-order valence-electron chi connectivity index (χ2n) is 5.19. The van der Waals surface area contributed by atoms with Crippen LogP contribution in [0, 0.1) is 5.82 Å². The van der Waals surface area contributed by atoms with Crippen LogP contribution in [0.1, 0.15) is 45.6 Å². The number of ether oxygens (including phenoxy) is 1. The molecule has 0 amide bonds. The highest BCUT2D eigenvalue weighted by Gasteiger charge is 2.23. The van der Waals surface area contributed by atoms with Crippen LogP contribution in [-0.4, -0.2) is 23.9 Å². The number of halogens is 1. The highest BCUT2D eigenvalue weighted by molar-refractivity contribution is 5.29. The molecule has 0 spiro atoms. The Morgan fingerprint density at radius 2 is 1.90 bits per heavy atom. The lowest BCUT2D eigenvalue weighted by Gasteiger charge is -2.25. The Balaban J connectivity index is 2.65. The molecule has 114 valence electrons. The molecule has 0 atom stereocenters. The predicted octanol–water partition coefficient (Wildman–Crippen LogP) is 3.26. The van der Waals surface area contributed by atoms with Gasteiger partial charge in [0, 0.05) is 12.6 Å². The largest absolute Gasteiger partial charge is 0.490 e. The van der Waals surface area contributed by atoms with Gasteiger partial charge in [0.05, 0.1) is 5.60 Å². The molecule has 0 saturated heterocycles. The summed E-state index contributed by atoms with van der Waals surface area (Å²) in [5.74, 6) is 0.158. The lowest BCUT2D eigenvalue weighted by molar-refractivity contribution is -0.0114. The Morgan fingerprint density at radius 3 is 2.50 bits per heavy atom. The second kappa shape index (κ2) is 8.22. The SMILES string of the molecule is CCCNCc1cc(F)cc(OCC(O)(CC)CC)c1. The molecule has 0 unspecified atom stereocenters. The van der Waals surface area contributed by atoms with Crippen LogP contribution >= 0.6 is 0 Å². The van der Waals surface area contributed by atoms with Crippen molar-refractivity contribution in [1.82, 2.24) is 5.32 Å². The lowest BCUT2D eigenvalue weighted by atomic mass is 9.99. The summed E-state index contributed by atoms with van der Waals surface area (Å²) >= 11 is 0. The Kier molecular flexibility index (Phi) is 6.96. The number of nitrogens with one attached hydrogen (secondary N) is 1. The fraction of sp³-hybridized carbons (Fsp3) is 0.625. The molecule has 2 N–H and O–H groups in total. The summed E-state index contributed by atoms with van der Waals surface area (Å²) in [4.78, 5) is 0.